The normalized spacial score (nSPS) is 17.7. The molecule has 0 aromatic heterocycles. The molecule has 7 heteroatoms. The largest absolute Gasteiger partial charge is 0.448 e. The van der Waals surface area contributed by atoms with Crippen LogP contribution in [0.4, 0.5) is 16.2 Å². The van der Waals surface area contributed by atoms with E-state index < -0.39 is 5.54 Å². The summed E-state index contributed by atoms with van der Waals surface area (Å²) in [5.41, 5.74) is 1.52. The molecule has 2 aliphatic rings. The number of carbonyl (C=O) groups is 2. The van der Waals surface area contributed by atoms with Gasteiger partial charge < -0.3 is 24.8 Å². The zero-order chi connectivity index (χ0) is 21.0. The smallest absolute Gasteiger partial charge is 0.409 e. The quantitative estimate of drug-likeness (QED) is 0.824. The van der Waals surface area contributed by atoms with Crippen molar-refractivity contribution in [2.24, 2.45) is 0 Å². The maximum Gasteiger partial charge on any atom is 0.409 e. The van der Waals surface area contributed by atoms with Gasteiger partial charge in [-0.3, -0.25) is 4.79 Å². The predicted octanol–water partition coefficient (Wildman–Crippen LogP) is 2.69. The molecule has 2 aliphatic heterocycles. The summed E-state index contributed by atoms with van der Waals surface area (Å²) >= 11 is 0. The molecule has 1 N–H and O–H groups in total. The van der Waals surface area contributed by atoms with Crippen molar-refractivity contribution in [2.45, 2.75) is 18.4 Å². The van der Waals surface area contributed by atoms with Crippen LogP contribution < -0.4 is 15.1 Å². The first-order valence-electron chi connectivity index (χ1n) is 10.4. The lowest BCUT2D eigenvalue weighted by atomic mass is 9.86. The molecule has 2 aromatic carbocycles. The Bertz CT molecular complexity index is 867. The lowest BCUT2D eigenvalue weighted by Gasteiger charge is -2.42. The van der Waals surface area contributed by atoms with Gasteiger partial charge in [0.05, 0.1) is 13.2 Å². The molecule has 1 spiro atoms. The molecule has 2 amide bonds. The molecule has 30 heavy (non-hydrogen) atoms. The molecular weight excluding hydrogens is 380 g/mol. The fraction of sp³-hybridized carbons (Fsp3) is 0.391. The van der Waals surface area contributed by atoms with E-state index in [4.69, 9.17) is 4.74 Å². The number of piperidine rings is 1. The molecule has 0 radical (unpaired) electrons. The molecular formula is C23H28N4O3. The van der Waals surface area contributed by atoms with Gasteiger partial charge in [-0.15, -0.1) is 0 Å². The average molecular weight is 409 g/mol. The number of amides is 2. The Balaban J connectivity index is 1.30. The summed E-state index contributed by atoms with van der Waals surface area (Å²) in [6.07, 6.45) is 0.871. The molecule has 0 atom stereocenters. The molecule has 2 saturated heterocycles. The highest BCUT2D eigenvalue weighted by atomic mass is 16.6. The Hall–Kier alpha value is -3.22. The molecule has 0 saturated carbocycles. The third-order valence-electron chi connectivity index (χ3n) is 6.10. The summed E-state index contributed by atoms with van der Waals surface area (Å²) in [4.78, 5) is 31.1. The number of para-hydroxylation sites is 2. The van der Waals surface area contributed by atoms with E-state index in [0.29, 0.717) is 45.8 Å². The van der Waals surface area contributed by atoms with Crippen molar-refractivity contribution in [1.82, 2.24) is 10.2 Å². The number of hydrogen-bond donors (Lipinski definition) is 1. The summed E-state index contributed by atoms with van der Waals surface area (Å²) < 4.78 is 5.49. The second-order valence-corrected chi connectivity index (χ2v) is 7.82. The van der Waals surface area contributed by atoms with Crippen molar-refractivity contribution < 1.29 is 14.3 Å². The maximum atomic E-state index is 12.7. The zero-order valence-corrected chi connectivity index (χ0v) is 17.3. The molecule has 4 rings (SSSR count). The minimum absolute atomic E-state index is 0.0452. The number of likely N-dealkylation sites (N-methyl/N-ethyl adjacent to an activating group) is 1. The fourth-order valence-corrected chi connectivity index (χ4v) is 4.26. The summed E-state index contributed by atoms with van der Waals surface area (Å²) in [7, 11) is 1.98. The fourth-order valence-electron chi connectivity index (χ4n) is 4.26. The molecule has 0 aliphatic carbocycles. The molecule has 7 nitrogen and oxygen atoms in total. The number of benzene rings is 2. The van der Waals surface area contributed by atoms with E-state index in [1.54, 1.807) is 4.90 Å². The first kappa shape index (κ1) is 20.1. The molecule has 158 valence electrons. The summed E-state index contributed by atoms with van der Waals surface area (Å²) in [5.74, 6) is 0.0452. The number of carbonyl (C=O) groups excluding carboxylic acids is 2. The van der Waals surface area contributed by atoms with Crippen LogP contribution in [0, 0.1) is 0 Å². The van der Waals surface area contributed by atoms with E-state index in [1.165, 1.54) is 0 Å². The van der Waals surface area contributed by atoms with Crippen molar-refractivity contribution in [3.8, 4) is 0 Å². The van der Waals surface area contributed by atoms with Crippen LogP contribution in [0.1, 0.15) is 12.8 Å². The lowest BCUT2D eigenvalue weighted by molar-refractivity contribution is -0.125. The topological polar surface area (TPSA) is 65.1 Å². The van der Waals surface area contributed by atoms with Crippen molar-refractivity contribution in [1.29, 1.82) is 0 Å². The Labute approximate surface area is 177 Å². The van der Waals surface area contributed by atoms with E-state index in [-0.39, 0.29) is 12.0 Å². The summed E-state index contributed by atoms with van der Waals surface area (Å²) in [5, 5.41) is 2.98. The van der Waals surface area contributed by atoms with Crippen LogP contribution in [0.3, 0.4) is 0 Å². The summed E-state index contributed by atoms with van der Waals surface area (Å²) in [6.45, 7) is 2.45. The van der Waals surface area contributed by atoms with Gasteiger partial charge in [-0.05, 0) is 37.1 Å². The summed E-state index contributed by atoms with van der Waals surface area (Å²) in [6, 6.07) is 20.0. The number of rotatable bonds is 5. The van der Waals surface area contributed by atoms with Gasteiger partial charge in [0, 0.05) is 31.5 Å². The van der Waals surface area contributed by atoms with Crippen molar-refractivity contribution in [3.63, 3.8) is 0 Å². The Morgan fingerprint density at radius 1 is 1.07 bits per heavy atom. The second kappa shape index (κ2) is 8.65. The third kappa shape index (κ3) is 3.92. The highest BCUT2D eigenvalue weighted by Gasteiger charge is 2.50. The van der Waals surface area contributed by atoms with E-state index in [2.05, 4.69) is 15.1 Å². The lowest BCUT2D eigenvalue weighted by Crippen LogP contribution is -2.57. The van der Waals surface area contributed by atoms with Crippen molar-refractivity contribution in [3.05, 3.63) is 60.7 Å². The monoisotopic (exact) mass is 408 g/mol. The second-order valence-electron chi connectivity index (χ2n) is 7.82. The van der Waals surface area contributed by atoms with Gasteiger partial charge >= 0.3 is 6.09 Å². The van der Waals surface area contributed by atoms with Crippen LogP contribution in [0.15, 0.2) is 60.7 Å². The van der Waals surface area contributed by atoms with Crippen molar-refractivity contribution >= 4 is 23.4 Å². The van der Waals surface area contributed by atoms with E-state index in [0.717, 1.165) is 11.4 Å². The predicted molar refractivity (Wildman–Crippen MR) is 117 cm³/mol. The molecule has 0 unspecified atom stereocenters. The molecule has 2 fully saturated rings. The van der Waals surface area contributed by atoms with Crippen LogP contribution in [-0.2, 0) is 9.53 Å². The highest BCUT2D eigenvalue weighted by molar-refractivity contribution is 5.93. The number of nitrogens with one attached hydrogen (secondary N) is 1. The third-order valence-corrected chi connectivity index (χ3v) is 6.10. The van der Waals surface area contributed by atoms with Gasteiger partial charge in [-0.2, -0.15) is 0 Å². The number of anilines is 2. The van der Waals surface area contributed by atoms with Crippen LogP contribution in [0.2, 0.25) is 0 Å². The zero-order valence-electron chi connectivity index (χ0n) is 17.3. The van der Waals surface area contributed by atoms with Crippen LogP contribution in [-0.4, -0.2) is 62.4 Å². The van der Waals surface area contributed by atoms with Crippen LogP contribution in [0.25, 0.3) is 0 Å². The SMILES string of the molecule is CN(CCOC(=O)N1CCC2(CC1)C(=O)NCN2c1ccccc1)c1ccccc1. The highest BCUT2D eigenvalue weighted by Crippen LogP contribution is 2.36. The van der Waals surface area contributed by atoms with Gasteiger partial charge in [0.2, 0.25) is 5.91 Å². The van der Waals surface area contributed by atoms with Gasteiger partial charge in [0.15, 0.2) is 0 Å². The Kier molecular flexibility index (Phi) is 5.79. The van der Waals surface area contributed by atoms with Crippen LogP contribution in [0.5, 0.6) is 0 Å². The minimum Gasteiger partial charge on any atom is -0.448 e. The standard InChI is InChI=1S/C23H28N4O3/c1-25(19-8-4-2-5-9-19)16-17-30-22(29)26-14-12-23(13-15-26)21(28)24-18-27(23)20-10-6-3-7-11-20/h2-11H,12-18H2,1H3,(H,24,28). The van der Waals surface area contributed by atoms with Crippen molar-refractivity contribution in [2.75, 3.05) is 49.8 Å². The van der Waals surface area contributed by atoms with Crippen LogP contribution >= 0.6 is 0 Å². The van der Waals surface area contributed by atoms with Gasteiger partial charge in [-0.1, -0.05) is 36.4 Å². The number of hydrogen-bond acceptors (Lipinski definition) is 5. The number of nitrogens with zero attached hydrogens (tertiary/aromatic N) is 3. The van der Waals surface area contributed by atoms with E-state index in [1.807, 2.05) is 67.7 Å². The van der Waals surface area contributed by atoms with E-state index >= 15 is 0 Å². The first-order chi connectivity index (χ1) is 14.6. The maximum absolute atomic E-state index is 12.7. The van der Waals surface area contributed by atoms with Gasteiger partial charge in [0.1, 0.15) is 12.1 Å². The number of ether oxygens (including phenoxy) is 1. The molecule has 0 bridgehead atoms. The Morgan fingerprint density at radius 2 is 1.70 bits per heavy atom. The average Bonchev–Trinajstić information content (AvgIpc) is 3.10. The van der Waals surface area contributed by atoms with Gasteiger partial charge in [-0.25, -0.2) is 4.79 Å². The molecule has 2 aromatic rings. The molecule has 2 heterocycles. The number of likely N-dealkylation sites (tertiary alicyclic amines) is 1. The van der Waals surface area contributed by atoms with Gasteiger partial charge in [0.25, 0.3) is 0 Å². The first-order valence-corrected chi connectivity index (χ1v) is 10.4. The Morgan fingerprint density at radius 3 is 2.37 bits per heavy atom. The van der Waals surface area contributed by atoms with E-state index in [9.17, 15) is 9.59 Å². The minimum atomic E-state index is -0.592.